The summed E-state index contributed by atoms with van der Waals surface area (Å²) in [5, 5.41) is 0. The van der Waals surface area contributed by atoms with Gasteiger partial charge in [0.15, 0.2) is 0 Å². The standard InChI is InChI=1S/C27H23N3O4/c1-3-33-26(31)19-15-28-25(27(32)34-4-2)23(19)18-14-22-24(17-10-6-5-7-11-17)29-20-12-8-9-13-21(20)30(22)16-18/h5-16,28H,3-4H2,1-2H3. The lowest BCUT2D eigenvalue weighted by molar-refractivity contribution is 0.0519. The Hall–Kier alpha value is -4.39. The molecule has 0 aliphatic rings. The van der Waals surface area contributed by atoms with Gasteiger partial charge in [-0.3, -0.25) is 0 Å². The predicted molar refractivity (Wildman–Crippen MR) is 130 cm³/mol. The van der Waals surface area contributed by atoms with Crippen molar-refractivity contribution in [2.24, 2.45) is 0 Å². The second kappa shape index (κ2) is 8.86. The Bertz CT molecular complexity index is 1480. The Labute approximate surface area is 196 Å². The number of aromatic nitrogens is 3. The third kappa shape index (κ3) is 3.61. The van der Waals surface area contributed by atoms with Crippen molar-refractivity contribution in [1.82, 2.24) is 14.4 Å². The van der Waals surface area contributed by atoms with Gasteiger partial charge in [-0.1, -0.05) is 42.5 Å². The number of aromatic amines is 1. The molecule has 0 unspecified atom stereocenters. The number of para-hydroxylation sites is 2. The SMILES string of the molecule is CCOC(=O)c1c[nH]c(C(=O)OCC)c1-c1cc2c(-c3ccccc3)nc3ccccc3n2c1. The summed E-state index contributed by atoms with van der Waals surface area (Å²) in [5.41, 5.74) is 5.98. The highest BCUT2D eigenvalue weighted by Crippen LogP contribution is 2.35. The molecule has 7 nitrogen and oxygen atoms in total. The number of carbonyl (C=O) groups is 2. The molecule has 1 N–H and O–H groups in total. The summed E-state index contributed by atoms with van der Waals surface area (Å²) in [6.45, 7) is 3.93. The maximum Gasteiger partial charge on any atom is 0.355 e. The van der Waals surface area contributed by atoms with E-state index in [1.165, 1.54) is 6.20 Å². The van der Waals surface area contributed by atoms with E-state index in [-0.39, 0.29) is 24.5 Å². The summed E-state index contributed by atoms with van der Waals surface area (Å²) in [5.74, 6) is -1.04. The molecule has 0 radical (unpaired) electrons. The number of hydrogen-bond donors (Lipinski definition) is 1. The zero-order valence-corrected chi connectivity index (χ0v) is 18.9. The molecule has 0 aliphatic carbocycles. The molecule has 0 fully saturated rings. The number of H-pyrrole nitrogens is 1. The maximum absolute atomic E-state index is 12.7. The van der Waals surface area contributed by atoms with E-state index in [9.17, 15) is 9.59 Å². The number of nitrogens with zero attached hydrogens (tertiary/aromatic N) is 2. The van der Waals surface area contributed by atoms with Crippen molar-refractivity contribution in [3.63, 3.8) is 0 Å². The number of benzene rings is 2. The number of esters is 2. The molecule has 0 atom stereocenters. The molecule has 170 valence electrons. The molecule has 0 spiro atoms. The first-order valence-electron chi connectivity index (χ1n) is 11.1. The van der Waals surface area contributed by atoms with Crippen molar-refractivity contribution >= 4 is 28.5 Å². The highest BCUT2D eigenvalue weighted by Gasteiger charge is 2.26. The van der Waals surface area contributed by atoms with Crippen LogP contribution in [0.3, 0.4) is 0 Å². The molecule has 0 aliphatic heterocycles. The largest absolute Gasteiger partial charge is 0.462 e. The summed E-state index contributed by atoms with van der Waals surface area (Å²) in [7, 11) is 0. The van der Waals surface area contributed by atoms with Crippen LogP contribution in [-0.4, -0.2) is 39.5 Å². The summed E-state index contributed by atoms with van der Waals surface area (Å²) >= 11 is 0. The van der Waals surface area contributed by atoms with E-state index in [0.29, 0.717) is 11.1 Å². The summed E-state index contributed by atoms with van der Waals surface area (Å²) < 4.78 is 12.5. The third-order valence-corrected chi connectivity index (χ3v) is 5.63. The molecule has 0 bridgehead atoms. The number of nitrogens with one attached hydrogen (secondary N) is 1. The highest BCUT2D eigenvalue weighted by atomic mass is 16.5. The van der Waals surface area contributed by atoms with Crippen LogP contribution >= 0.6 is 0 Å². The number of carbonyl (C=O) groups excluding carboxylic acids is 2. The monoisotopic (exact) mass is 453 g/mol. The molecule has 0 saturated carbocycles. The second-order valence-corrected chi connectivity index (χ2v) is 7.69. The fraction of sp³-hybridized carbons (Fsp3) is 0.148. The van der Waals surface area contributed by atoms with Crippen molar-refractivity contribution in [2.75, 3.05) is 13.2 Å². The van der Waals surface area contributed by atoms with Gasteiger partial charge in [-0.2, -0.15) is 0 Å². The van der Waals surface area contributed by atoms with Gasteiger partial charge in [0.05, 0.1) is 41.0 Å². The fourth-order valence-corrected chi connectivity index (χ4v) is 4.19. The van der Waals surface area contributed by atoms with Gasteiger partial charge < -0.3 is 18.9 Å². The summed E-state index contributed by atoms with van der Waals surface area (Å²) in [4.78, 5) is 33.3. The lowest BCUT2D eigenvalue weighted by Gasteiger charge is -2.08. The first-order chi connectivity index (χ1) is 16.6. The van der Waals surface area contributed by atoms with Crippen LogP contribution in [0, 0.1) is 0 Å². The Morgan fingerprint density at radius 2 is 1.59 bits per heavy atom. The zero-order valence-electron chi connectivity index (χ0n) is 18.9. The van der Waals surface area contributed by atoms with Gasteiger partial charge in [-0.15, -0.1) is 0 Å². The van der Waals surface area contributed by atoms with E-state index in [1.54, 1.807) is 13.8 Å². The normalized spacial score (nSPS) is 11.1. The lowest BCUT2D eigenvalue weighted by Crippen LogP contribution is -2.08. The Kier molecular flexibility index (Phi) is 5.59. The second-order valence-electron chi connectivity index (χ2n) is 7.69. The number of rotatable bonds is 6. The van der Waals surface area contributed by atoms with E-state index < -0.39 is 11.9 Å². The molecule has 2 aromatic carbocycles. The first kappa shape index (κ1) is 21.5. The summed E-state index contributed by atoms with van der Waals surface area (Å²) in [6, 6.07) is 19.7. The minimum atomic E-state index is -0.533. The average molecular weight is 453 g/mol. The quantitative estimate of drug-likeness (QED) is 0.343. The predicted octanol–water partition coefficient (Wildman–Crippen LogP) is 5.50. The Morgan fingerprint density at radius 3 is 2.35 bits per heavy atom. The molecule has 5 aromatic rings. The average Bonchev–Trinajstić information content (AvgIpc) is 3.49. The molecular weight excluding hydrogens is 430 g/mol. The minimum absolute atomic E-state index is 0.208. The topological polar surface area (TPSA) is 85.7 Å². The Morgan fingerprint density at radius 1 is 0.882 bits per heavy atom. The molecule has 0 saturated heterocycles. The van der Waals surface area contributed by atoms with Crippen molar-refractivity contribution in [3.05, 3.63) is 84.3 Å². The van der Waals surface area contributed by atoms with Crippen LogP contribution in [-0.2, 0) is 9.47 Å². The number of hydrogen-bond acceptors (Lipinski definition) is 5. The third-order valence-electron chi connectivity index (χ3n) is 5.63. The maximum atomic E-state index is 12.7. The lowest BCUT2D eigenvalue weighted by atomic mass is 10.0. The fourth-order valence-electron chi connectivity index (χ4n) is 4.19. The van der Waals surface area contributed by atoms with Gasteiger partial charge in [0, 0.05) is 29.1 Å². The smallest absolute Gasteiger partial charge is 0.355 e. The first-order valence-corrected chi connectivity index (χ1v) is 11.1. The van der Waals surface area contributed by atoms with E-state index in [0.717, 1.165) is 27.8 Å². The molecule has 0 amide bonds. The van der Waals surface area contributed by atoms with E-state index in [4.69, 9.17) is 14.5 Å². The van der Waals surface area contributed by atoms with Crippen LogP contribution in [0.5, 0.6) is 0 Å². The van der Waals surface area contributed by atoms with Crippen LogP contribution in [0.4, 0.5) is 0 Å². The molecule has 34 heavy (non-hydrogen) atoms. The van der Waals surface area contributed by atoms with E-state index >= 15 is 0 Å². The van der Waals surface area contributed by atoms with Crippen molar-refractivity contribution in [3.8, 4) is 22.4 Å². The van der Waals surface area contributed by atoms with Crippen LogP contribution in [0.2, 0.25) is 0 Å². The molecule has 3 aromatic heterocycles. The summed E-state index contributed by atoms with van der Waals surface area (Å²) in [6.07, 6.45) is 3.41. The molecule has 3 heterocycles. The number of ether oxygens (including phenoxy) is 2. The van der Waals surface area contributed by atoms with Crippen molar-refractivity contribution in [1.29, 1.82) is 0 Å². The van der Waals surface area contributed by atoms with Crippen LogP contribution < -0.4 is 0 Å². The van der Waals surface area contributed by atoms with Gasteiger partial charge in [0.25, 0.3) is 0 Å². The van der Waals surface area contributed by atoms with Gasteiger partial charge >= 0.3 is 11.9 Å². The van der Waals surface area contributed by atoms with Crippen molar-refractivity contribution in [2.45, 2.75) is 13.8 Å². The molecule has 7 heteroatoms. The van der Waals surface area contributed by atoms with Crippen LogP contribution in [0.15, 0.2) is 73.1 Å². The van der Waals surface area contributed by atoms with Crippen LogP contribution in [0.25, 0.3) is 38.9 Å². The van der Waals surface area contributed by atoms with E-state index in [2.05, 4.69) is 4.98 Å². The minimum Gasteiger partial charge on any atom is -0.462 e. The van der Waals surface area contributed by atoms with Gasteiger partial charge in [-0.05, 0) is 32.0 Å². The van der Waals surface area contributed by atoms with E-state index in [1.807, 2.05) is 71.3 Å². The van der Waals surface area contributed by atoms with Gasteiger partial charge in [0.2, 0.25) is 0 Å². The number of fused-ring (bicyclic) bond motifs is 3. The van der Waals surface area contributed by atoms with Gasteiger partial charge in [0.1, 0.15) is 5.69 Å². The molecular formula is C27H23N3O4. The van der Waals surface area contributed by atoms with Crippen molar-refractivity contribution < 1.29 is 19.1 Å². The Balaban J connectivity index is 1.81. The highest BCUT2D eigenvalue weighted by molar-refractivity contribution is 6.06. The van der Waals surface area contributed by atoms with Crippen LogP contribution in [0.1, 0.15) is 34.7 Å². The molecule has 5 rings (SSSR count). The zero-order chi connectivity index (χ0) is 23.7. The van der Waals surface area contributed by atoms with Gasteiger partial charge in [-0.25, -0.2) is 14.6 Å².